The molecule has 3 rings (SSSR count). The van der Waals surface area contributed by atoms with E-state index in [1.807, 2.05) is 6.20 Å². The van der Waals surface area contributed by atoms with Gasteiger partial charge in [0.2, 0.25) is 5.91 Å². The van der Waals surface area contributed by atoms with Crippen molar-refractivity contribution in [2.24, 2.45) is 11.8 Å². The second-order valence-corrected chi connectivity index (χ2v) is 9.88. The highest BCUT2D eigenvalue weighted by Gasteiger charge is 2.40. The molecule has 1 amide bonds. The predicted molar refractivity (Wildman–Crippen MR) is 121 cm³/mol. The minimum absolute atomic E-state index is 0.0393. The van der Waals surface area contributed by atoms with E-state index in [0.717, 1.165) is 22.9 Å². The third-order valence-electron chi connectivity index (χ3n) is 6.91. The van der Waals surface area contributed by atoms with E-state index in [1.165, 1.54) is 36.8 Å². The molecule has 1 aliphatic heterocycles. The predicted octanol–water partition coefficient (Wildman–Crippen LogP) is 5.97. The van der Waals surface area contributed by atoms with Crippen molar-refractivity contribution >= 4 is 23.5 Å². The highest BCUT2D eigenvalue weighted by molar-refractivity contribution is 6.31. The number of benzene rings is 1. The molecule has 1 N–H and O–H groups in total. The van der Waals surface area contributed by atoms with Crippen LogP contribution in [0.15, 0.2) is 30.0 Å². The number of carboxylic acid groups (broad SMARTS) is 1. The van der Waals surface area contributed by atoms with Crippen molar-refractivity contribution in [1.82, 2.24) is 4.90 Å². The largest absolute Gasteiger partial charge is 0.481 e. The summed E-state index contributed by atoms with van der Waals surface area (Å²) in [5, 5.41) is 9.68. The number of hydrogen-bond donors (Lipinski definition) is 1. The summed E-state index contributed by atoms with van der Waals surface area (Å²) in [4.78, 5) is 25.4. The van der Waals surface area contributed by atoms with Crippen LogP contribution in [0.5, 0.6) is 0 Å². The Hall–Kier alpha value is -1.81. The Morgan fingerprint density at radius 3 is 2.63 bits per heavy atom. The molecule has 0 bridgehead atoms. The summed E-state index contributed by atoms with van der Waals surface area (Å²) in [6.07, 6.45) is 9.15. The lowest BCUT2D eigenvalue weighted by atomic mass is 9.68. The van der Waals surface area contributed by atoms with Crippen LogP contribution in [0.1, 0.15) is 76.8 Å². The second-order valence-electron chi connectivity index (χ2n) is 9.47. The highest BCUT2D eigenvalue weighted by Crippen LogP contribution is 2.44. The van der Waals surface area contributed by atoms with Gasteiger partial charge in [0.05, 0.1) is 0 Å². The van der Waals surface area contributed by atoms with Gasteiger partial charge in [-0.25, -0.2) is 0 Å². The Morgan fingerprint density at radius 2 is 2.07 bits per heavy atom. The lowest BCUT2D eigenvalue weighted by Crippen LogP contribution is -2.42. The van der Waals surface area contributed by atoms with Gasteiger partial charge in [-0.2, -0.15) is 0 Å². The number of rotatable bonds is 9. The molecule has 0 aromatic heterocycles. The van der Waals surface area contributed by atoms with E-state index in [1.54, 1.807) is 4.90 Å². The Bertz CT molecular complexity index is 828. The van der Waals surface area contributed by atoms with E-state index in [0.29, 0.717) is 19.4 Å². The van der Waals surface area contributed by atoms with Crippen LogP contribution in [0.4, 0.5) is 0 Å². The standard InChI is InChI=1S/C25H34ClNO3/c1-17(2)21-16-27(13-5-8-24(29)30)23(28)15-25(21,3)20-12-11-19(22(26)14-20)10-9-18-6-4-7-18/h11-12,14,16-18H,4-10,13,15H2,1-3H3,(H,29,30)/t25-/m0/s1. The summed E-state index contributed by atoms with van der Waals surface area (Å²) in [5.41, 5.74) is 3.07. The first-order chi connectivity index (χ1) is 14.2. The summed E-state index contributed by atoms with van der Waals surface area (Å²) in [7, 11) is 0. The number of amides is 1. The third kappa shape index (κ3) is 5.08. The molecule has 5 heteroatoms. The zero-order valence-electron chi connectivity index (χ0n) is 18.4. The van der Waals surface area contributed by atoms with Gasteiger partial charge in [0.25, 0.3) is 0 Å². The molecular formula is C25H34ClNO3. The van der Waals surface area contributed by atoms with Gasteiger partial charge in [-0.1, -0.05) is 63.8 Å². The van der Waals surface area contributed by atoms with Gasteiger partial charge in [0, 0.05) is 36.0 Å². The van der Waals surface area contributed by atoms with Crippen LogP contribution in [0.3, 0.4) is 0 Å². The molecule has 1 aliphatic carbocycles. The number of halogens is 1. The molecule has 30 heavy (non-hydrogen) atoms. The van der Waals surface area contributed by atoms with Gasteiger partial charge in [0.15, 0.2) is 0 Å². The summed E-state index contributed by atoms with van der Waals surface area (Å²) >= 11 is 6.68. The highest BCUT2D eigenvalue weighted by atomic mass is 35.5. The minimum atomic E-state index is -0.829. The maximum Gasteiger partial charge on any atom is 0.303 e. The summed E-state index contributed by atoms with van der Waals surface area (Å²) in [6.45, 7) is 6.86. The van der Waals surface area contributed by atoms with Crippen molar-refractivity contribution in [3.05, 3.63) is 46.1 Å². The van der Waals surface area contributed by atoms with Crippen molar-refractivity contribution in [1.29, 1.82) is 0 Å². The monoisotopic (exact) mass is 431 g/mol. The van der Waals surface area contributed by atoms with Crippen LogP contribution in [0, 0.1) is 11.8 Å². The summed E-state index contributed by atoms with van der Waals surface area (Å²) in [5.74, 6) is 0.334. The zero-order valence-corrected chi connectivity index (χ0v) is 19.2. The van der Waals surface area contributed by atoms with Crippen LogP contribution >= 0.6 is 11.6 Å². The Balaban J connectivity index is 1.81. The van der Waals surface area contributed by atoms with E-state index in [-0.39, 0.29) is 18.2 Å². The van der Waals surface area contributed by atoms with Crippen molar-refractivity contribution < 1.29 is 14.7 Å². The molecule has 0 unspecified atom stereocenters. The van der Waals surface area contributed by atoms with Crippen LogP contribution in [-0.4, -0.2) is 28.4 Å². The van der Waals surface area contributed by atoms with Crippen LogP contribution in [-0.2, 0) is 21.4 Å². The number of carbonyl (C=O) groups is 2. The molecule has 1 aromatic carbocycles. The SMILES string of the molecule is CC(C)C1=CN(CCCC(=O)O)C(=O)C[C@@]1(C)c1ccc(CCC2CCC2)c(Cl)c1. The molecule has 0 radical (unpaired) electrons. The fourth-order valence-corrected chi connectivity index (χ4v) is 5.04. The first-order valence-electron chi connectivity index (χ1n) is 11.2. The number of carboxylic acids is 1. The van der Waals surface area contributed by atoms with Gasteiger partial charge in [-0.3, -0.25) is 9.59 Å². The molecule has 0 spiro atoms. The Kier molecular flexibility index (Phi) is 7.28. The first-order valence-corrected chi connectivity index (χ1v) is 11.6. The summed E-state index contributed by atoms with van der Waals surface area (Å²) in [6, 6.07) is 6.34. The van der Waals surface area contributed by atoms with E-state index in [9.17, 15) is 9.59 Å². The Morgan fingerprint density at radius 1 is 1.33 bits per heavy atom. The maximum atomic E-state index is 12.9. The second kappa shape index (κ2) is 9.55. The van der Waals surface area contributed by atoms with Crippen molar-refractivity contribution in [3.8, 4) is 0 Å². The van der Waals surface area contributed by atoms with Crippen LogP contribution in [0.25, 0.3) is 0 Å². The third-order valence-corrected chi connectivity index (χ3v) is 7.26. The van der Waals surface area contributed by atoms with E-state index >= 15 is 0 Å². The quantitative estimate of drug-likeness (QED) is 0.524. The van der Waals surface area contributed by atoms with Crippen molar-refractivity contribution in [2.75, 3.05) is 6.54 Å². The number of carbonyl (C=O) groups excluding carboxylic acids is 1. The molecule has 2 aliphatic rings. The molecule has 1 atom stereocenters. The average Bonchev–Trinajstić information content (AvgIpc) is 2.62. The number of aliphatic carboxylic acids is 1. The topological polar surface area (TPSA) is 57.6 Å². The number of nitrogens with zero attached hydrogens (tertiary/aromatic N) is 1. The molecule has 1 heterocycles. The van der Waals surface area contributed by atoms with Crippen molar-refractivity contribution in [2.45, 2.75) is 77.6 Å². The van der Waals surface area contributed by atoms with Crippen molar-refractivity contribution in [3.63, 3.8) is 0 Å². The van der Waals surface area contributed by atoms with Crippen LogP contribution in [0.2, 0.25) is 5.02 Å². The fraction of sp³-hybridized carbons (Fsp3) is 0.600. The molecule has 1 saturated carbocycles. The molecule has 4 nitrogen and oxygen atoms in total. The zero-order chi connectivity index (χ0) is 21.9. The number of aryl methyl sites for hydroxylation is 1. The van der Waals surface area contributed by atoms with E-state index in [2.05, 4.69) is 39.0 Å². The molecule has 1 aromatic rings. The molecular weight excluding hydrogens is 398 g/mol. The molecule has 164 valence electrons. The fourth-order valence-electron chi connectivity index (χ4n) is 4.77. The number of hydrogen-bond acceptors (Lipinski definition) is 2. The van der Waals surface area contributed by atoms with Gasteiger partial charge in [-0.05, 0) is 53.9 Å². The first kappa shape index (κ1) is 22.9. The summed E-state index contributed by atoms with van der Waals surface area (Å²) < 4.78 is 0. The Labute approximate surface area is 185 Å². The van der Waals surface area contributed by atoms with Gasteiger partial charge < -0.3 is 10.0 Å². The molecule has 0 saturated heterocycles. The normalized spacial score (nSPS) is 22.2. The smallest absolute Gasteiger partial charge is 0.303 e. The van der Waals surface area contributed by atoms with E-state index < -0.39 is 11.4 Å². The molecule has 1 fully saturated rings. The average molecular weight is 432 g/mol. The van der Waals surface area contributed by atoms with Gasteiger partial charge in [-0.15, -0.1) is 0 Å². The van der Waals surface area contributed by atoms with Gasteiger partial charge >= 0.3 is 5.97 Å². The maximum absolute atomic E-state index is 12.9. The minimum Gasteiger partial charge on any atom is -0.481 e. The lowest BCUT2D eigenvalue weighted by Gasteiger charge is -2.41. The van der Waals surface area contributed by atoms with Crippen LogP contribution < -0.4 is 0 Å². The van der Waals surface area contributed by atoms with E-state index in [4.69, 9.17) is 16.7 Å². The van der Waals surface area contributed by atoms with Gasteiger partial charge in [0.1, 0.15) is 0 Å². The lowest BCUT2D eigenvalue weighted by molar-refractivity contribution is -0.138. The number of allylic oxidation sites excluding steroid dienone is 1.